The quantitative estimate of drug-likeness (QED) is 0.872. The molecule has 1 aliphatic heterocycles. The van der Waals surface area contributed by atoms with Gasteiger partial charge in [-0.3, -0.25) is 9.59 Å². The summed E-state index contributed by atoms with van der Waals surface area (Å²) in [5.41, 5.74) is 2.80. The van der Waals surface area contributed by atoms with Crippen molar-refractivity contribution in [2.75, 3.05) is 22.5 Å². The van der Waals surface area contributed by atoms with Crippen molar-refractivity contribution in [2.24, 2.45) is 0 Å². The minimum Gasteiger partial charge on any atom is -0.325 e. The van der Waals surface area contributed by atoms with Crippen LogP contribution in [-0.4, -0.2) is 24.1 Å². The van der Waals surface area contributed by atoms with E-state index >= 15 is 0 Å². The van der Waals surface area contributed by atoms with E-state index in [2.05, 4.69) is 17.4 Å². The summed E-state index contributed by atoms with van der Waals surface area (Å²) < 4.78 is 0. The summed E-state index contributed by atoms with van der Waals surface area (Å²) in [6, 6.07) is 17.6. The smallest absolute Gasteiger partial charge is 0.234 e. The lowest BCUT2D eigenvalue weighted by Gasteiger charge is -2.16. The summed E-state index contributed by atoms with van der Waals surface area (Å²) >= 11 is 1.59. The maximum atomic E-state index is 12.1. The Kier molecular flexibility index (Phi) is 5.54. The average molecular weight is 340 g/mol. The molecule has 24 heavy (non-hydrogen) atoms. The normalized spacial score (nSPS) is 14.0. The minimum absolute atomic E-state index is 0.0270. The van der Waals surface area contributed by atoms with Crippen LogP contribution < -0.4 is 10.2 Å². The fraction of sp³-hybridized carbons (Fsp3) is 0.263. The molecule has 0 unspecified atom stereocenters. The number of nitrogens with one attached hydrogen (secondary N) is 1. The van der Waals surface area contributed by atoms with Crippen LogP contribution in [0.1, 0.15) is 18.4 Å². The van der Waals surface area contributed by atoms with Crippen LogP contribution in [0.25, 0.3) is 0 Å². The van der Waals surface area contributed by atoms with Gasteiger partial charge in [-0.25, -0.2) is 0 Å². The summed E-state index contributed by atoms with van der Waals surface area (Å²) in [4.78, 5) is 25.7. The van der Waals surface area contributed by atoms with Crippen LogP contribution in [0.3, 0.4) is 0 Å². The highest BCUT2D eigenvalue weighted by molar-refractivity contribution is 7.99. The molecule has 1 saturated heterocycles. The van der Waals surface area contributed by atoms with Crippen LogP contribution in [0.4, 0.5) is 11.4 Å². The Bertz CT molecular complexity index is 718. The van der Waals surface area contributed by atoms with Crippen molar-refractivity contribution in [3.8, 4) is 0 Å². The second-order valence-corrected chi connectivity index (χ2v) is 6.71. The molecule has 1 aliphatic rings. The molecule has 5 heteroatoms. The Labute approximate surface area is 146 Å². The van der Waals surface area contributed by atoms with Gasteiger partial charge in [-0.1, -0.05) is 36.4 Å². The predicted molar refractivity (Wildman–Crippen MR) is 99.3 cm³/mol. The van der Waals surface area contributed by atoms with Gasteiger partial charge in [-0.15, -0.1) is 11.8 Å². The van der Waals surface area contributed by atoms with Gasteiger partial charge in [0.1, 0.15) is 0 Å². The Hall–Kier alpha value is -2.27. The van der Waals surface area contributed by atoms with Gasteiger partial charge in [0.15, 0.2) is 0 Å². The molecule has 0 aromatic heterocycles. The molecule has 0 spiro atoms. The molecule has 0 saturated carbocycles. The highest BCUT2D eigenvalue weighted by Gasteiger charge is 2.21. The third-order valence-corrected chi connectivity index (χ3v) is 4.86. The molecule has 0 aliphatic carbocycles. The largest absolute Gasteiger partial charge is 0.325 e. The summed E-state index contributed by atoms with van der Waals surface area (Å²) in [7, 11) is 0. The zero-order valence-corrected chi connectivity index (χ0v) is 14.2. The first-order valence-electron chi connectivity index (χ1n) is 8.04. The third-order valence-electron chi connectivity index (χ3n) is 3.86. The molecule has 0 bridgehead atoms. The number of rotatable bonds is 6. The van der Waals surface area contributed by atoms with Gasteiger partial charge in [-0.05, 0) is 30.2 Å². The van der Waals surface area contributed by atoms with E-state index in [0.29, 0.717) is 12.2 Å². The van der Waals surface area contributed by atoms with Crippen LogP contribution in [-0.2, 0) is 15.3 Å². The molecule has 2 amide bonds. The van der Waals surface area contributed by atoms with Crippen LogP contribution in [0.2, 0.25) is 0 Å². The summed E-state index contributed by atoms with van der Waals surface area (Å²) in [5, 5.41) is 2.91. The molecular formula is C19H20N2O2S. The van der Waals surface area contributed by atoms with Gasteiger partial charge in [0, 0.05) is 30.1 Å². The number of hydrogen-bond donors (Lipinski definition) is 1. The van der Waals surface area contributed by atoms with E-state index in [-0.39, 0.29) is 11.8 Å². The van der Waals surface area contributed by atoms with Crippen molar-refractivity contribution in [1.82, 2.24) is 0 Å². The lowest BCUT2D eigenvalue weighted by Crippen LogP contribution is -2.23. The SMILES string of the molecule is O=C(CSCc1ccccc1)Nc1cccc(N2CCCC2=O)c1. The van der Waals surface area contributed by atoms with Gasteiger partial charge in [0.05, 0.1) is 5.75 Å². The average Bonchev–Trinajstić information content (AvgIpc) is 3.02. The topological polar surface area (TPSA) is 49.4 Å². The van der Waals surface area contributed by atoms with Crippen LogP contribution in [0.5, 0.6) is 0 Å². The van der Waals surface area contributed by atoms with E-state index in [1.807, 2.05) is 42.5 Å². The maximum Gasteiger partial charge on any atom is 0.234 e. The predicted octanol–water partition coefficient (Wildman–Crippen LogP) is 3.69. The van der Waals surface area contributed by atoms with Crippen molar-refractivity contribution in [3.05, 3.63) is 60.2 Å². The van der Waals surface area contributed by atoms with Crippen molar-refractivity contribution in [3.63, 3.8) is 0 Å². The first-order valence-corrected chi connectivity index (χ1v) is 9.20. The van der Waals surface area contributed by atoms with E-state index in [1.165, 1.54) is 5.56 Å². The number of benzene rings is 2. The molecular weight excluding hydrogens is 320 g/mol. The number of hydrogen-bond acceptors (Lipinski definition) is 3. The van der Waals surface area contributed by atoms with Gasteiger partial charge >= 0.3 is 0 Å². The second-order valence-electron chi connectivity index (χ2n) is 5.73. The van der Waals surface area contributed by atoms with Crippen LogP contribution in [0, 0.1) is 0 Å². The van der Waals surface area contributed by atoms with Crippen molar-refractivity contribution < 1.29 is 9.59 Å². The number of thioether (sulfide) groups is 1. The Balaban J connectivity index is 1.52. The molecule has 0 radical (unpaired) electrons. The van der Waals surface area contributed by atoms with Crippen molar-refractivity contribution in [1.29, 1.82) is 0 Å². The maximum absolute atomic E-state index is 12.1. The zero-order valence-electron chi connectivity index (χ0n) is 13.4. The highest BCUT2D eigenvalue weighted by Crippen LogP contribution is 2.24. The minimum atomic E-state index is -0.0270. The molecule has 1 fully saturated rings. The second kappa shape index (κ2) is 8.02. The lowest BCUT2D eigenvalue weighted by atomic mass is 10.2. The van der Waals surface area contributed by atoms with Crippen molar-refractivity contribution >= 4 is 35.0 Å². The molecule has 2 aromatic rings. The standard InChI is InChI=1S/C19H20N2O2S/c22-18(14-24-13-15-6-2-1-3-7-15)20-16-8-4-9-17(12-16)21-11-5-10-19(21)23/h1-4,6-9,12H,5,10-11,13-14H2,(H,20,22). The van der Waals surface area contributed by atoms with E-state index in [0.717, 1.165) is 30.1 Å². The van der Waals surface area contributed by atoms with E-state index in [4.69, 9.17) is 0 Å². The number of carbonyl (C=O) groups is 2. The van der Waals surface area contributed by atoms with Gasteiger partial charge in [0.25, 0.3) is 0 Å². The van der Waals surface area contributed by atoms with Gasteiger partial charge < -0.3 is 10.2 Å². The fourth-order valence-electron chi connectivity index (χ4n) is 2.71. The first kappa shape index (κ1) is 16.6. The number of nitrogens with zero attached hydrogens (tertiary/aromatic N) is 1. The summed E-state index contributed by atoms with van der Waals surface area (Å²) in [6.07, 6.45) is 1.50. The highest BCUT2D eigenvalue weighted by atomic mass is 32.2. The monoisotopic (exact) mass is 340 g/mol. The van der Waals surface area contributed by atoms with Crippen molar-refractivity contribution in [2.45, 2.75) is 18.6 Å². The molecule has 4 nitrogen and oxygen atoms in total. The third kappa shape index (κ3) is 4.38. The molecule has 1 N–H and O–H groups in total. The summed E-state index contributed by atoms with van der Waals surface area (Å²) in [5.74, 6) is 1.34. The summed E-state index contributed by atoms with van der Waals surface area (Å²) in [6.45, 7) is 0.753. The zero-order chi connectivity index (χ0) is 16.8. The van der Waals surface area contributed by atoms with Gasteiger partial charge in [0.2, 0.25) is 11.8 Å². The van der Waals surface area contributed by atoms with Crippen LogP contribution >= 0.6 is 11.8 Å². The number of carbonyl (C=O) groups excluding carboxylic acids is 2. The molecule has 2 aromatic carbocycles. The van der Waals surface area contributed by atoms with E-state index < -0.39 is 0 Å². The fourth-order valence-corrected chi connectivity index (χ4v) is 3.49. The van der Waals surface area contributed by atoms with E-state index in [1.54, 1.807) is 16.7 Å². The first-order chi connectivity index (χ1) is 11.7. The van der Waals surface area contributed by atoms with Gasteiger partial charge in [-0.2, -0.15) is 0 Å². The van der Waals surface area contributed by atoms with Crippen LogP contribution in [0.15, 0.2) is 54.6 Å². The Morgan fingerprint density at radius 3 is 2.71 bits per heavy atom. The molecule has 0 atom stereocenters. The number of amides is 2. The Morgan fingerprint density at radius 2 is 1.96 bits per heavy atom. The number of anilines is 2. The van der Waals surface area contributed by atoms with E-state index in [9.17, 15) is 9.59 Å². The molecule has 3 rings (SSSR count). The molecule has 1 heterocycles. The lowest BCUT2D eigenvalue weighted by molar-refractivity contribution is -0.117. The molecule has 124 valence electrons. The Morgan fingerprint density at radius 1 is 1.12 bits per heavy atom.